The van der Waals surface area contributed by atoms with Crippen molar-refractivity contribution in [2.45, 2.75) is 30.6 Å². The first-order valence-electron chi connectivity index (χ1n) is 10.4. The van der Waals surface area contributed by atoms with Gasteiger partial charge in [0.25, 0.3) is 0 Å². The Hall–Kier alpha value is -3.45. The number of sulfonamides is 1. The fourth-order valence-corrected chi connectivity index (χ4v) is 5.15. The molecule has 0 aromatic heterocycles. The Morgan fingerprint density at radius 3 is 2.14 bits per heavy atom. The zero-order chi connectivity index (χ0) is 26.0. The zero-order valence-electron chi connectivity index (χ0n) is 18.4. The molecule has 2 aromatic rings. The Bertz CT molecular complexity index is 1210. The van der Waals surface area contributed by atoms with Crippen molar-refractivity contribution in [2.75, 3.05) is 19.6 Å². The molecule has 1 unspecified atom stereocenters. The number of hydrogen-bond donors (Lipinski definition) is 2. The lowest BCUT2D eigenvalue weighted by Crippen LogP contribution is -2.61. The maximum atomic E-state index is 13.3. The number of alkyl halides is 3. The van der Waals surface area contributed by atoms with Crippen LogP contribution < -0.4 is 5.32 Å². The summed E-state index contributed by atoms with van der Waals surface area (Å²) >= 11 is 0. The standard InChI is InChI=1S/C22H22F3N3O6S/c1-14(29)27-10-11-28(35(33,34)18-8-4-16(5-9-18)21(31)32)19(13-27)20(30)26-12-15-2-6-17(7-3-15)22(23,24)25/h2-9,19H,10-13H2,1H3,(H,26,30)(H,31,32). The highest BCUT2D eigenvalue weighted by Crippen LogP contribution is 2.29. The van der Waals surface area contributed by atoms with Gasteiger partial charge in [-0.25, -0.2) is 13.2 Å². The molecule has 0 aliphatic carbocycles. The molecule has 13 heteroatoms. The van der Waals surface area contributed by atoms with Gasteiger partial charge in [0.05, 0.1) is 16.0 Å². The van der Waals surface area contributed by atoms with Crippen LogP contribution in [-0.4, -0.2) is 66.2 Å². The Balaban J connectivity index is 1.81. The Morgan fingerprint density at radius 1 is 1.03 bits per heavy atom. The molecule has 1 atom stereocenters. The van der Waals surface area contributed by atoms with Crippen LogP contribution in [0.15, 0.2) is 53.4 Å². The number of carbonyl (C=O) groups is 3. The molecule has 1 saturated heterocycles. The summed E-state index contributed by atoms with van der Waals surface area (Å²) in [5, 5.41) is 11.5. The van der Waals surface area contributed by atoms with Crippen LogP contribution in [-0.2, 0) is 32.3 Å². The second-order valence-electron chi connectivity index (χ2n) is 7.84. The second-order valence-corrected chi connectivity index (χ2v) is 9.73. The molecule has 2 N–H and O–H groups in total. The van der Waals surface area contributed by atoms with E-state index in [2.05, 4.69) is 5.32 Å². The summed E-state index contributed by atoms with van der Waals surface area (Å²) in [5.41, 5.74) is -0.594. The number of aromatic carboxylic acids is 1. The van der Waals surface area contributed by atoms with Crippen LogP contribution >= 0.6 is 0 Å². The summed E-state index contributed by atoms with van der Waals surface area (Å²) < 4.78 is 65.7. The quantitative estimate of drug-likeness (QED) is 0.609. The molecule has 3 rings (SSSR count). The first-order chi connectivity index (χ1) is 16.3. The first-order valence-corrected chi connectivity index (χ1v) is 11.8. The minimum atomic E-state index is -4.50. The van der Waals surface area contributed by atoms with Crippen molar-refractivity contribution >= 4 is 27.8 Å². The van der Waals surface area contributed by atoms with Crippen LogP contribution in [0.3, 0.4) is 0 Å². The van der Waals surface area contributed by atoms with Gasteiger partial charge in [0.2, 0.25) is 21.8 Å². The highest BCUT2D eigenvalue weighted by molar-refractivity contribution is 7.89. The van der Waals surface area contributed by atoms with Crippen molar-refractivity contribution in [1.29, 1.82) is 0 Å². The van der Waals surface area contributed by atoms with Gasteiger partial charge in [0, 0.05) is 33.1 Å². The molecule has 1 fully saturated rings. The molecule has 1 aliphatic rings. The molecule has 2 amide bonds. The van der Waals surface area contributed by atoms with E-state index in [0.29, 0.717) is 5.56 Å². The Morgan fingerprint density at radius 2 is 1.63 bits per heavy atom. The number of carboxylic acids is 1. The third kappa shape index (κ3) is 5.98. The van der Waals surface area contributed by atoms with Crippen molar-refractivity contribution in [3.8, 4) is 0 Å². The van der Waals surface area contributed by atoms with Gasteiger partial charge < -0.3 is 15.3 Å². The number of carboxylic acid groups (broad SMARTS) is 1. The van der Waals surface area contributed by atoms with Crippen molar-refractivity contribution in [1.82, 2.24) is 14.5 Å². The number of halogens is 3. The Kier molecular flexibility index (Phi) is 7.50. The van der Waals surface area contributed by atoms with Crippen LogP contribution in [0.25, 0.3) is 0 Å². The lowest BCUT2D eigenvalue weighted by atomic mass is 10.1. The van der Waals surface area contributed by atoms with Gasteiger partial charge in [-0.3, -0.25) is 9.59 Å². The number of benzene rings is 2. The number of nitrogens with one attached hydrogen (secondary N) is 1. The molecule has 35 heavy (non-hydrogen) atoms. The molecule has 0 bridgehead atoms. The fraction of sp³-hybridized carbons (Fsp3) is 0.318. The average Bonchev–Trinajstić information content (AvgIpc) is 2.81. The predicted molar refractivity (Wildman–Crippen MR) is 117 cm³/mol. The number of nitrogens with zero attached hydrogens (tertiary/aromatic N) is 2. The molecule has 188 valence electrons. The van der Waals surface area contributed by atoms with E-state index in [1.165, 1.54) is 24.0 Å². The van der Waals surface area contributed by atoms with E-state index in [1.54, 1.807) is 0 Å². The summed E-state index contributed by atoms with van der Waals surface area (Å²) in [6, 6.07) is 7.33. The molecule has 0 saturated carbocycles. The van der Waals surface area contributed by atoms with E-state index in [0.717, 1.165) is 40.7 Å². The van der Waals surface area contributed by atoms with Gasteiger partial charge in [-0.2, -0.15) is 17.5 Å². The molecule has 1 heterocycles. The summed E-state index contributed by atoms with van der Waals surface area (Å²) in [7, 11) is -4.24. The third-order valence-electron chi connectivity index (χ3n) is 5.54. The van der Waals surface area contributed by atoms with Crippen LogP contribution in [0.2, 0.25) is 0 Å². The van der Waals surface area contributed by atoms with Crippen molar-refractivity contribution in [3.63, 3.8) is 0 Å². The summed E-state index contributed by atoms with van der Waals surface area (Å²) in [6.07, 6.45) is -4.50. The maximum absolute atomic E-state index is 13.3. The summed E-state index contributed by atoms with van der Waals surface area (Å²) in [5.74, 6) is -2.32. The molecular weight excluding hydrogens is 491 g/mol. The SMILES string of the molecule is CC(=O)N1CCN(S(=O)(=O)c2ccc(C(=O)O)cc2)C(C(=O)NCc2ccc(C(F)(F)F)cc2)C1. The zero-order valence-corrected chi connectivity index (χ0v) is 19.3. The highest BCUT2D eigenvalue weighted by Gasteiger charge is 2.40. The monoisotopic (exact) mass is 513 g/mol. The summed E-state index contributed by atoms with van der Waals surface area (Å²) in [4.78, 5) is 37.0. The minimum absolute atomic E-state index is 0.0461. The lowest BCUT2D eigenvalue weighted by Gasteiger charge is -2.39. The number of hydrogen-bond acceptors (Lipinski definition) is 5. The van der Waals surface area contributed by atoms with Crippen LogP contribution in [0.5, 0.6) is 0 Å². The molecule has 0 spiro atoms. The van der Waals surface area contributed by atoms with Crippen LogP contribution in [0.4, 0.5) is 13.2 Å². The molecule has 9 nitrogen and oxygen atoms in total. The van der Waals surface area contributed by atoms with Gasteiger partial charge in [-0.1, -0.05) is 12.1 Å². The largest absolute Gasteiger partial charge is 0.478 e. The van der Waals surface area contributed by atoms with E-state index in [9.17, 15) is 36.0 Å². The number of rotatable bonds is 6. The Labute approximate surface area is 199 Å². The van der Waals surface area contributed by atoms with Crippen molar-refractivity contribution < 1.29 is 41.1 Å². The number of amides is 2. The lowest BCUT2D eigenvalue weighted by molar-refractivity contribution is -0.138. The van der Waals surface area contributed by atoms with Gasteiger partial charge >= 0.3 is 12.1 Å². The maximum Gasteiger partial charge on any atom is 0.416 e. The van der Waals surface area contributed by atoms with E-state index in [1.807, 2.05) is 0 Å². The normalized spacial score (nSPS) is 17.1. The van der Waals surface area contributed by atoms with Crippen LogP contribution in [0.1, 0.15) is 28.4 Å². The van der Waals surface area contributed by atoms with E-state index in [4.69, 9.17) is 5.11 Å². The average molecular weight is 513 g/mol. The number of carbonyl (C=O) groups excluding carboxylic acids is 2. The van der Waals surface area contributed by atoms with Gasteiger partial charge in [0.1, 0.15) is 6.04 Å². The van der Waals surface area contributed by atoms with Crippen molar-refractivity contribution in [3.05, 3.63) is 65.2 Å². The molecular formula is C22H22F3N3O6S. The molecule has 1 aliphatic heterocycles. The third-order valence-corrected chi connectivity index (χ3v) is 7.46. The van der Waals surface area contributed by atoms with E-state index in [-0.39, 0.29) is 42.5 Å². The smallest absolute Gasteiger partial charge is 0.416 e. The molecule has 2 aromatic carbocycles. The topological polar surface area (TPSA) is 124 Å². The van der Waals surface area contributed by atoms with Crippen molar-refractivity contribution in [2.24, 2.45) is 0 Å². The van der Waals surface area contributed by atoms with E-state index >= 15 is 0 Å². The molecule has 0 radical (unpaired) electrons. The second kappa shape index (κ2) is 10.0. The van der Waals surface area contributed by atoms with Gasteiger partial charge in [0.15, 0.2) is 0 Å². The predicted octanol–water partition coefficient (Wildman–Crippen LogP) is 1.94. The van der Waals surface area contributed by atoms with Gasteiger partial charge in [-0.05, 0) is 42.0 Å². The van der Waals surface area contributed by atoms with E-state index < -0.39 is 39.7 Å². The number of piperazine rings is 1. The fourth-order valence-electron chi connectivity index (χ4n) is 3.58. The first kappa shape index (κ1) is 26.2. The highest BCUT2D eigenvalue weighted by atomic mass is 32.2. The summed E-state index contributed by atoms with van der Waals surface area (Å²) in [6.45, 7) is 0.771. The minimum Gasteiger partial charge on any atom is -0.478 e. The van der Waals surface area contributed by atoms with Gasteiger partial charge in [-0.15, -0.1) is 0 Å². The van der Waals surface area contributed by atoms with Crippen LogP contribution in [0, 0.1) is 0 Å².